The molecule has 5 nitrogen and oxygen atoms in total. The van der Waals surface area contributed by atoms with E-state index >= 15 is 0 Å². The quantitative estimate of drug-likeness (QED) is 0.740. The van der Waals surface area contributed by atoms with Gasteiger partial charge in [0, 0.05) is 30.9 Å². The smallest absolute Gasteiger partial charge is 0.241 e. The predicted octanol–water partition coefficient (Wildman–Crippen LogP) is 0.939. The third kappa shape index (κ3) is 2.03. The van der Waals surface area contributed by atoms with Crippen molar-refractivity contribution in [3.8, 4) is 6.07 Å². The first-order valence-corrected chi connectivity index (χ1v) is 7.02. The van der Waals surface area contributed by atoms with Gasteiger partial charge in [-0.1, -0.05) is 13.8 Å². The number of unbranched alkanes of at least 4 members (excludes halogenated alkanes) is 1. The fourth-order valence-corrected chi connectivity index (χ4v) is 3.55. The number of ether oxygens (including phenoxy) is 1. The molecule has 3 N–H and O–H groups in total. The standard InChI is InChI=1S/C14H23N3O2/c1-13(2)11-10(6-5-9-19-11)14(13,16)12(18)17-8-4-3-7-15/h10-11H,3-6,8-9,16H2,1-2H3,(H,17,18). The molecule has 3 unspecified atom stereocenters. The number of nitrogens with one attached hydrogen (secondary N) is 1. The van der Waals surface area contributed by atoms with Gasteiger partial charge in [-0.3, -0.25) is 4.79 Å². The van der Waals surface area contributed by atoms with Crippen LogP contribution in [0.3, 0.4) is 0 Å². The maximum absolute atomic E-state index is 12.4. The maximum Gasteiger partial charge on any atom is 0.241 e. The second-order valence-electron chi connectivity index (χ2n) is 6.15. The van der Waals surface area contributed by atoms with Gasteiger partial charge in [-0.15, -0.1) is 0 Å². The number of hydrogen-bond acceptors (Lipinski definition) is 4. The highest BCUT2D eigenvalue weighted by molar-refractivity contribution is 5.89. The van der Waals surface area contributed by atoms with Crippen molar-refractivity contribution in [3.05, 3.63) is 0 Å². The molecule has 106 valence electrons. The molecule has 2 rings (SSSR count). The number of carbonyl (C=O) groups excluding carboxylic acids is 1. The Morgan fingerprint density at radius 3 is 3.00 bits per heavy atom. The number of nitrogens with zero attached hydrogens (tertiary/aromatic N) is 1. The van der Waals surface area contributed by atoms with Gasteiger partial charge in [0.1, 0.15) is 5.54 Å². The lowest BCUT2D eigenvalue weighted by Gasteiger charge is -2.65. The van der Waals surface area contributed by atoms with Crippen LogP contribution in [0.5, 0.6) is 0 Å². The SMILES string of the molecule is CC1(C)C2OCCCC2C1(N)C(=O)NCCCC#N. The zero-order chi connectivity index (χ0) is 14.1. The van der Waals surface area contributed by atoms with Gasteiger partial charge >= 0.3 is 0 Å². The highest BCUT2D eigenvalue weighted by Crippen LogP contribution is 2.57. The zero-order valence-corrected chi connectivity index (χ0v) is 11.7. The van der Waals surface area contributed by atoms with Gasteiger partial charge < -0.3 is 15.8 Å². The molecule has 2 aliphatic rings. The summed E-state index contributed by atoms with van der Waals surface area (Å²) in [5, 5.41) is 11.4. The van der Waals surface area contributed by atoms with Gasteiger partial charge in [-0.25, -0.2) is 0 Å². The van der Waals surface area contributed by atoms with Crippen molar-refractivity contribution in [2.75, 3.05) is 13.2 Å². The molecule has 0 spiro atoms. The predicted molar refractivity (Wildman–Crippen MR) is 71.0 cm³/mol. The van der Waals surface area contributed by atoms with Crippen LogP contribution in [-0.4, -0.2) is 30.7 Å². The largest absolute Gasteiger partial charge is 0.377 e. The molecule has 3 atom stereocenters. The van der Waals surface area contributed by atoms with Crippen LogP contribution in [-0.2, 0) is 9.53 Å². The van der Waals surface area contributed by atoms with Crippen LogP contribution in [0, 0.1) is 22.7 Å². The van der Waals surface area contributed by atoms with E-state index in [4.69, 9.17) is 15.7 Å². The minimum absolute atomic E-state index is 0.0936. The van der Waals surface area contributed by atoms with E-state index in [-0.39, 0.29) is 23.3 Å². The summed E-state index contributed by atoms with van der Waals surface area (Å²) < 4.78 is 5.78. The average Bonchev–Trinajstić information content (AvgIpc) is 2.42. The van der Waals surface area contributed by atoms with Gasteiger partial charge in [-0.05, 0) is 19.3 Å². The van der Waals surface area contributed by atoms with Crippen LogP contribution in [0.2, 0.25) is 0 Å². The first kappa shape index (κ1) is 14.3. The van der Waals surface area contributed by atoms with Gasteiger partial charge in [0.25, 0.3) is 0 Å². The fraction of sp³-hybridized carbons (Fsp3) is 0.857. The Morgan fingerprint density at radius 2 is 2.32 bits per heavy atom. The summed E-state index contributed by atoms with van der Waals surface area (Å²) in [4.78, 5) is 12.4. The van der Waals surface area contributed by atoms with E-state index in [1.54, 1.807) is 0 Å². The van der Waals surface area contributed by atoms with E-state index in [0.29, 0.717) is 19.4 Å². The topological polar surface area (TPSA) is 88.1 Å². The highest BCUT2D eigenvalue weighted by atomic mass is 16.5. The average molecular weight is 265 g/mol. The summed E-state index contributed by atoms with van der Waals surface area (Å²) >= 11 is 0. The molecule has 1 amide bonds. The number of rotatable bonds is 4. The lowest BCUT2D eigenvalue weighted by molar-refractivity contribution is -0.225. The lowest BCUT2D eigenvalue weighted by Crippen LogP contribution is -2.82. The highest BCUT2D eigenvalue weighted by Gasteiger charge is 2.70. The number of carbonyl (C=O) groups is 1. The van der Waals surface area contributed by atoms with Crippen LogP contribution >= 0.6 is 0 Å². The Bertz CT molecular complexity index is 402. The van der Waals surface area contributed by atoms with Crippen LogP contribution in [0.1, 0.15) is 39.5 Å². The van der Waals surface area contributed by atoms with Gasteiger partial charge in [0.2, 0.25) is 5.91 Å². The van der Waals surface area contributed by atoms with Crippen LogP contribution in [0.25, 0.3) is 0 Å². The molecule has 0 aromatic heterocycles. The molecule has 1 aliphatic carbocycles. The van der Waals surface area contributed by atoms with Crippen molar-refractivity contribution in [1.82, 2.24) is 5.32 Å². The van der Waals surface area contributed by atoms with Crippen LogP contribution in [0.4, 0.5) is 0 Å². The summed E-state index contributed by atoms with van der Waals surface area (Å²) in [6.07, 6.45) is 3.14. The monoisotopic (exact) mass is 265 g/mol. The van der Waals surface area contributed by atoms with E-state index in [1.807, 2.05) is 13.8 Å². The first-order valence-electron chi connectivity index (χ1n) is 7.02. The Balaban J connectivity index is 2.00. The molecule has 1 heterocycles. The number of fused-ring (bicyclic) bond motifs is 1. The molecule has 0 bridgehead atoms. The van der Waals surface area contributed by atoms with Crippen LogP contribution < -0.4 is 11.1 Å². The molecular weight excluding hydrogens is 242 g/mol. The molecule has 1 aliphatic heterocycles. The third-order valence-electron chi connectivity index (χ3n) is 4.81. The van der Waals surface area contributed by atoms with Crippen molar-refractivity contribution in [1.29, 1.82) is 5.26 Å². The molecule has 0 radical (unpaired) electrons. The molecule has 1 saturated carbocycles. The molecule has 1 saturated heterocycles. The summed E-state index contributed by atoms with van der Waals surface area (Å²) in [7, 11) is 0. The second kappa shape index (κ2) is 5.10. The van der Waals surface area contributed by atoms with Crippen LogP contribution in [0.15, 0.2) is 0 Å². The molecular formula is C14H23N3O2. The Labute approximate surface area is 114 Å². The molecule has 0 aromatic rings. The number of amides is 1. The zero-order valence-electron chi connectivity index (χ0n) is 11.7. The Morgan fingerprint density at radius 1 is 1.58 bits per heavy atom. The summed E-state index contributed by atoms with van der Waals surface area (Å²) in [5.74, 6) is 0.0226. The summed E-state index contributed by atoms with van der Waals surface area (Å²) in [6.45, 7) is 5.30. The third-order valence-corrected chi connectivity index (χ3v) is 4.81. The number of nitriles is 1. The summed E-state index contributed by atoms with van der Waals surface area (Å²) in [6, 6.07) is 2.07. The minimum atomic E-state index is -0.843. The van der Waals surface area contributed by atoms with Crippen molar-refractivity contribution in [3.63, 3.8) is 0 Å². The van der Waals surface area contributed by atoms with Crippen molar-refractivity contribution < 1.29 is 9.53 Å². The molecule has 2 fully saturated rings. The van der Waals surface area contributed by atoms with E-state index < -0.39 is 5.54 Å². The Kier molecular flexibility index (Phi) is 3.84. The molecule has 19 heavy (non-hydrogen) atoms. The first-order chi connectivity index (χ1) is 8.96. The van der Waals surface area contributed by atoms with Crippen molar-refractivity contribution in [2.45, 2.75) is 51.2 Å². The van der Waals surface area contributed by atoms with Gasteiger partial charge in [-0.2, -0.15) is 5.26 Å². The van der Waals surface area contributed by atoms with E-state index in [9.17, 15) is 4.79 Å². The normalized spacial score (nSPS) is 35.7. The lowest BCUT2D eigenvalue weighted by atomic mass is 9.46. The van der Waals surface area contributed by atoms with E-state index in [2.05, 4.69) is 11.4 Å². The Hall–Kier alpha value is -1.12. The number of nitrogens with two attached hydrogens (primary N) is 1. The minimum Gasteiger partial charge on any atom is -0.377 e. The number of hydrogen-bond donors (Lipinski definition) is 2. The summed E-state index contributed by atoms with van der Waals surface area (Å²) in [5.41, 5.74) is 5.26. The fourth-order valence-electron chi connectivity index (χ4n) is 3.55. The van der Waals surface area contributed by atoms with E-state index in [0.717, 1.165) is 19.4 Å². The van der Waals surface area contributed by atoms with Crippen molar-refractivity contribution >= 4 is 5.91 Å². The molecule has 5 heteroatoms. The van der Waals surface area contributed by atoms with E-state index in [1.165, 1.54) is 0 Å². The maximum atomic E-state index is 12.4. The van der Waals surface area contributed by atoms with Crippen molar-refractivity contribution in [2.24, 2.45) is 17.1 Å². The van der Waals surface area contributed by atoms with Gasteiger partial charge in [0.15, 0.2) is 0 Å². The van der Waals surface area contributed by atoms with Gasteiger partial charge in [0.05, 0.1) is 12.2 Å². The molecule has 0 aromatic carbocycles. The second-order valence-corrected chi connectivity index (χ2v) is 6.15.